The van der Waals surface area contributed by atoms with Gasteiger partial charge in [0.15, 0.2) is 11.5 Å². The van der Waals surface area contributed by atoms with Crippen LogP contribution in [0.2, 0.25) is 0 Å². The van der Waals surface area contributed by atoms with Gasteiger partial charge in [-0.2, -0.15) is 0 Å². The van der Waals surface area contributed by atoms with Gasteiger partial charge in [-0.1, -0.05) is 24.3 Å². The maximum atomic E-state index is 11.4. The van der Waals surface area contributed by atoms with Crippen molar-refractivity contribution >= 4 is 5.69 Å². The van der Waals surface area contributed by atoms with Gasteiger partial charge in [0.2, 0.25) is 0 Å². The Labute approximate surface area is 221 Å². The van der Waals surface area contributed by atoms with Gasteiger partial charge in [-0.3, -0.25) is 14.7 Å². The van der Waals surface area contributed by atoms with Crippen molar-refractivity contribution in [2.45, 2.75) is 18.6 Å². The number of piperazine rings is 1. The SMILES string of the molecule is COc1cc(CN2CCC(O)(CN3CCN(c4ccccc4)CC3)C2)ccc1OCCN1CCOCC1. The van der Waals surface area contributed by atoms with Crippen molar-refractivity contribution in [3.8, 4) is 11.5 Å². The third-order valence-electron chi connectivity index (χ3n) is 7.83. The Balaban J connectivity index is 1.08. The molecule has 1 atom stereocenters. The molecule has 1 unspecified atom stereocenters. The van der Waals surface area contributed by atoms with Gasteiger partial charge in [-0.05, 0) is 36.2 Å². The Morgan fingerprint density at radius 2 is 1.65 bits per heavy atom. The molecule has 8 nitrogen and oxygen atoms in total. The molecule has 0 bridgehead atoms. The summed E-state index contributed by atoms with van der Waals surface area (Å²) in [5, 5.41) is 11.4. The van der Waals surface area contributed by atoms with Crippen LogP contribution in [0, 0.1) is 0 Å². The standard InChI is InChI=1S/C29H42N4O4/c1-35-28-21-25(7-8-27(28)37-20-17-30-15-18-36-19-16-30)22-32-10-9-29(34,24-32)23-31-11-13-33(14-12-31)26-5-3-2-4-6-26/h2-8,21,34H,9-20,22-24H2,1H3. The minimum atomic E-state index is -0.651. The number of hydrogen-bond acceptors (Lipinski definition) is 8. The monoisotopic (exact) mass is 510 g/mol. The number of ether oxygens (including phenoxy) is 3. The van der Waals surface area contributed by atoms with Crippen LogP contribution in [0.4, 0.5) is 5.69 Å². The lowest BCUT2D eigenvalue weighted by atomic mass is 10.0. The van der Waals surface area contributed by atoms with Crippen molar-refractivity contribution in [2.24, 2.45) is 0 Å². The van der Waals surface area contributed by atoms with Gasteiger partial charge in [0, 0.05) is 77.7 Å². The van der Waals surface area contributed by atoms with E-state index in [2.05, 4.69) is 62.1 Å². The van der Waals surface area contributed by atoms with Gasteiger partial charge in [0.1, 0.15) is 6.61 Å². The number of methoxy groups -OCH3 is 1. The number of likely N-dealkylation sites (tertiary alicyclic amines) is 1. The number of anilines is 1. The number of β-amino-alcohol motifs (C(OH)–C–C–N with tert-alkyl or cyclic N) is 1. The summed E-state index contributed by atoms with van der Waals surface area (Å²) in [6.45, 7) is 12.2. The molecule has 0 saturated carbocycles. The topological polar surface area (TPSA) is 60.9 Å². The summed E-state index contributed by atoms with van der Waals surface area (Å²) >= 11 is 0. The number of rotatable bonds is 10. The van der Waals surface area contributed by atoms with E-state index < -0.39 is 5.60 Å². The van der Waals surface area contributed by atoms with Crippen LogP contribution >= 0.6 is 0 Å². The molecule has 0 spiro atoms. The average molecular weight is 511 g/mol. The summed E-state index contributed by atoms with van der Waals surface area (Å²) in [6, 6.07) is 16.8. The summed E-state index contributed by atoms with van der Waals surface area (Å²) in [6.07, 6.45) is 0.811. The highest BCUT2D eigenvalue weighted by molar-refractivity contribution is 5.46. The van der Waals surface area contributed by atoms with E-state index in [1.165, 1.54) is 11.3 Å². The molecule has 1 N–H and O–H groups in total. The molecule has 3 saturated heterocycles. The van der Waals surface area contributed by atoms with Gasteiger partial charge < -0.3 is 24.2 Å². The molecule has 0 radical (unpaired) electrons. The highest BCUT2D eigenvalue weighted by atomic mass is 16.5. The number of aliphatic hydroxyl groups is 1. The third-order valence-corrected chi connectivity index (χ3v) is 7.83. The molecule has 202 valence electrons. The molecule has 37 heavy (non-hydrogen) atoms. The Kier molecular flexibility index (Phi) is 8.84. The molecule has 8 heteroatoms. The average Bonchev–Trinajstić information content (AvgIpc) is 3.30. The highest BCUT2D eigenvalue weighted by Gasteiger charge is 2.38. The molecule has 0 amide bonds. The van der Waals surface area contributed by atoms with E-state index >= 15 is 0 Å². The molecule has 0 aromatic heterocycles. The minimum absolute atomic E-state index is 0.633. The second-order valence-corrected chi connectivity index (χ2v) is 10.6. The van der Waals surface area contributed by atoms with Crippen LogP contribution in [0.5, 0.6) is 11.5 Å². The summed E-state index contributed by atoms with van der Waals surface area (Å²) in [5.41, 5.74) is 1.82. The Morgan fingerprint density at radius 3 is 2.41 bits per heavy atom. The van der Waals surface area contributed by atoms with E-state index in [9.17, 15) is 5.11 Å². The van der Waals surface area contributed by atoms with Crippen LogP contribution in [0.3, 0.4) is 0 Å². The first-order chi connectivity index (χ1) is 18.1. The summed E-state index contributed by atoms with van der Waals surface area (Å²) in [7, 11) is 1.69. The van der Waals surface area contributed by atoms with E-state index in [0.717, 1.165) is 96.6 Å². The third kappa shape index (κ3) is 7.15. The Morgan fingerprint density at radius 1 is 0.865 bits per heavy atom. The van der Waals surface area contributed by atoms with E-state index in [-0.39, 0.29) is 0 Å². The van der Waals surface area contributed by atoms with Crippen molar-refractivity contribution in [1.82, 2.24) is 14.7 Å². The Hall–Kier alpha value is -2.36. The van der Waals surface area contributed by atoms with Crippen LogP contribution < -0.4 is 14.4 Å². The number of nitrogens with zero attached hydrogens (tertiary/aromatic N) is 4. The fraction of sp³-hybridized carbons (Fsp3) is 0.586. The molecular weight excluding hydrogens is 468 g/mol. The van der Waals surface area contributed by atoms with Gasteiger partial charge in [-0.25, -0.2) is 0 Å². The molecule has 2 aromatic carbocycles. The van der Waals surface area contributed by atoms with Crippen LogP contribution in [0.1, 0.15) is 12.0 Å². The van der Waals surface area contributed by atoms with Crippen LogP contribution in [-0.4, -0.2) is 118 Å². The van der Waals surface area contributed by atoms with Gasteiger partial charge in [-0.15, -0.1) is 0 Å². The minimum Gasteiger partial charge on any atom is -0.493 e. The van der Waals surface area contributed by atoms with Gasteiger partial charge >= 0.3 is 0 Å². The fourth-order valence-electron chi connectivity index (χ4n) is 5.72. The molecule has 3 heterocycles. The van der Waals surface area contributed by atoms with Crippen molar-refractivity contribution < 1.29 is 19.3 Å². The maximum absolute atomic E-state index is 11.4. The number of para-hydroxylation sites is 1. The Bertz CT molecular complexity index is 979. The second-order valence-electron chi connectivity index (χ2n) is 10.6. The van der Waals surface area contributed by atoms with Crippen LogP contribution in [0.15, 0.2) is 48.5 Å². The second kappa shape index (κ2) is 12.5. The smallest absolute Gasteiger partial charge is 0.161 e. The predicted octanol–water partition coefficient (Wildman–Crippen LogP) is 2.17. The zero-order valence-corrected chi connectivity index (χ0v) is 22.2. The van der Waals surface area contributed by atoms with Crippen LogP contribution in [0.25, 0.3) is 0 Å². The normalized spacial score (nSPS) is 23.9. The molecule has 5 rings (SSSR count). The van der Waals surface area contributed by atoms with Crippen molar-refractivity contribution in [3.05, 3.63) is 54.1 Å². The van der Waals surface area contributed by atoms with Crippen LogP contribution in [-0.2, 0) is 11.3 Å². The number of morpholine rings is 1. The molecular formula is C29H42N4O4. The summed E-state index contributed by atoms with van der Waals surface area (Å²) in [4.78, 5) is 9.58. The molecule has 2 aromatic rings. The van der Waals surface area contributed by atoms with Crippen molar-refractivity contribution in [1.29, 1.82) is 0 Å². The zero-order chi connectivity index (χ0) is 25.5. The predicted molar refractivity (Wildman–Crippen MR) is 146 cm³/mol. The first kappa shape index (κ1) is 26.3. The van der Waals surface area contributed by atoms with Crippen molar-refractivity contribution in [3.63, 3.8) is 0 Å². The van der Waals surface area contributed by atoms with Gasteiger partial charge in [0.05, 0.1) is 25.9 Å². The quantitative estimate of drug-likeness (QED) is 0.522. The van der Waals surface area contributed by atoms with Crippen molar-refractivity contribution in [2.75, 3.05) is 97.3 Å². The molecule has 3 aliphatic heterocycles. The lowest BCUT2D eigenvalue weighted by Gasteiger charge is -2.39. The maximum Gasteiger partial charge on any atom is 0.161 e. The molecule has 3 aliphatic rings. The van der Waals surface area contributed by atoms with E-state index in [4.69, 9.17) is 14.2 Å². The number of hydrogen-bond donors (Lipinski definition) is 1. The first-order valence-electron chi connectivity index (χ1n) is 13.7. The molecule has 0 aliphatic carbocycles. The highest BCUT2D eigenvalue weighted by Crippen LogP contribution is 2.30. The van der Waals surface area contributed by atoms with Gasteiger partial charge in [0.25, 0.3) is 0 Å². The summed E-state index contributed by atoms with van der Waals surface area (Å²) in [5.74, 6) is 1.55. The lowest BCUT2D eigenvalue weighted by Crippen LogP contribution is -2.52. The summed E-state index contributed by atoms with van der Waals surface area (Å²) < 4.78 is 17.1. The zero-order valence-electron chi connectivity index (χ0n) is 22.2. The van der Waals surface area contributed by atoms with E-state index in [0.29, 0.717) is 13.2 Å². The molecule has 3 fully saturated rings. The number of benzene rings is 2. The van der Waals surface area contributed by atoms with E-state index in [1.807, 2.05) is 6.07 Å². The largest absolute Gasteiger partial charge is 0.493 e. The van der Waals surface area contributed by atoms with E-state index in [1.54, 1.807) is 7.11 Å². The fourth-order valence-corrected chi connectivity index (χ4v) is 5.72. The first-order valence-corrected chi connectivity index (χ1v) is 13.7. The lowest BCUT2D eigenvalue weighted by molar-refractivity contribution is 0.00978.